The molecule has 0 saturated carbocycles. The number of fused-ring (bicyclic) bond motifs is 1. The van der Waals surface area contributed by atoms with Crippen molar-refractivity contribution in [2.75, 3.05) is 25.0 Å². The van der Waals surface area contributed by atoms with Crippen LogP contribution in [-0.2, 0) is 22.3 Å². The van der Waals surface area contributed by atoms with E-state index in [4.69, 9.17) is 0 Å². The summed E-state index contributed by atoms with van der Waals surface area (Å²) in [5.41, 5.74) is -2.91. The quantitative estimate of drug-likeness (QED) is 0.310. The molecule has 14 heteroatoms. The van der Waals surface area contributed by atoms with Crippen molar-refractivity contribution in [3.63, 3.8) is 0 Å². The van der Waals surface area contributed by atoms with E-state index in [0.29, 0.717) is 12.8 Å². The second-order valence-corrected chi connectivity index (χ2v) is 11.1. The molecule has 1 atom stereocenters. The third-order valence-electron chi connectivity index (χ3n) is 8.50. The Bertz CT molecular complexity index is 1500. The highest BCUT2D eigenvalue weighted by atomic mass is 19.4. The van der Waals surface area contributed by atoms with E-state index in [9.17, 15) is 46.5 Å². The summed E-state index contributed by atoms with van der Waals surface area (Å²) in [6.45, 7) is 1.61. The van der Waals surface area contributed by atoms with Crippen molar-refractivity contribution in [1.82, 2.24) is 14.9 Å². The molecule has 0 bridgehead atoms. The van der Waals surface area contributed by atoms with Gasteiger partial charge in [-0.2, -0.15) is 13.2 Å². The minimum absolute atomic E-state index is 0.0263. The average molecular weight is 609 g/mol. The summed E-state index contributed by atoms with van der Waals surface area (Å²) in [6, 6.07) is 6.23. The maximum absolute atomic E-state index is 14.6. The fourth-order valence-corrected chi connectivity index (χ4v) is 6.14. The molecular weight excluding hydrogens is 579 g/mol. The SMILES string of the molecule is C[C@]12CCCN1N(Cc1cccc(F)c1F)C(=O)C(C(=O)Nc1ccc(C(F)(F)F)cc1C1CCN(C(=O)O)CC1)=C2O. The van der Waals surface area contributed by atoms with Crippen molar-refractivity contribution in [1.29, 1.82) is 0 Å². The number of hydrazine groups is 1. The molecule has 3 heterocycles. The number of halogens is 5. The Morgan fingerprint density at radius 1 is 1.09 bits per heavy atom. The zero-order valence-electron chi connectivity index (χ0n) is 23.0. The lowest BCUT2D eigenvalue weighted by Gasteiger charge is -2.46. The number of amides is 3. The molecule has 2 aromatic rings. The minimum atomic E-state index is -4.69. The first-order valence-electron chi connectivity index (χ1n) is 13.7. The van der Waals surface area contributed by atoms with Gasteiger partial charge in [0.15, 0.2) is 11.6 Å². The summed E-state index contributed by atoms with van der Waals surface area (Å²) < 4.78 is 69.3. The van der Waals surface area contributed by atoms with Gasteiger partial charge in [-0.1, -0.05) is 12.1 Å². The molecule has 0 aromatic heterocycles. The first-order chi connectivity index (χ1) is 20.2. The molecule has 3 aliphatic rings. The molecule has 0 aliphatic carbocycles. The Labute approximate surface area is 243 Å². The fraction of sp³-hybridized carbons (Fsp3) is 0.414. The summed E-state index contributed by atoms with van der Waals surface area (Å²) in [6.07, 6.45) is -4.59. The van der Waals surface area contributed by atoms with Gasteiger partial charge in [0.1, 0.15) is 11.3 Å². The highest BCUT2D eigenvalue weighted by Gasteiger charge is 2.52. The van der Waals surface area contributed by atoms with Crippen LogP contribution in [0, 0.1) is 11.6 Å². The number of alkyl halides is 3. The number of likely N-dealkylation sites (tertiary alicyclic amines) is 1. The van der Waals surface area contributed by atoms with Crippen molar-refractivity contribution in [2.45, 2.75) is 56.8 Å². The predicted octanol–water partition coefficient (Wildman–Crippen LogP) is 5.40. The van der Waals surface area contributed by atoms with Crippen molar-refractivity contribution >= 4 is 23.6 Å². The van der Waals surface area contributed by atoms with Crippen LogP contribution in [0.15, 0.2) is 47.7 Å². The summed E-state index contributed by atoms with van der Waals surface area (Å²) in [7, 11) is 0. The maximum atomic E-state index is 14.6. The van der Waals surface area contributed by atoms with Crippen molar-refractivity contribution < 1.29 is 46.5 Å². The largest absolute Gasteiger partial charge is 0.509 e. The number of nitrogens with zero attached hydrogens (tertiary/aromatic N) is 3. The molecule has 9 nitrogen and oxygen atoms in total. The van der Waals surface area contributed by atoms with Gasteiger partial charge in [-0.25, -0.2) is 18.6 Å². The lowest BCUT2D eigenvalue weighted by Crippen LogP contribution is -2.60. The Morgan fingerprint density at radius 3 is 2.44 bits per heavy atom. The lowest BCUT2D eigenvalue weighted by molar-refractivity contribution is -0.160. The van der Waals surface area contributed by atoms with E-state index in [-0.39, 0.29) is 49.3 Å². The third kappa shape index (κ3) is 5.51. The number of anilines is 1. The number of aliphatic hydroxyl groups excluding tert-OH is 1. The summed E-state index contributed by atoms with van der Waals surface area (Å²) in [5, 5.41) is 25.6. The monoisotopic (exact) mass is 608 g/mol. The molecule has 43 heavy (non-hydrogen) atoms. The Morgan fingerprint density at radius 2 is 1.79 bits per heavy atom. The maximum Gasteiger partial charge on any atom is 0.416 e. The normalized spacial score (nSPS) is 21.8. The minimum Gasteiger partial charge on any atom is -0.509 e. The van der Waals surface area contributed by atoms with E-state index < -0.39 is 70.6 Å². The number of rotatable bonds is 5. The van der Waals surface area contributed by atoms with Crippen LogP contribution < -0.4 is 5.32 Å². The van der Waals surface area contributed by atoms with E-state index >= 15 is 0 Å². The molecule has 2 aromatic carbocycles. The van der Waals surface area contributed by atoms with Crippen molar-refractivity contribution in [2.24, 2.45) is 0 Å². The van der Waals surface area contributed by atoms with Gasteiger partial charge in [0.25, 0.3) is 11.8 Å². The summed E-state index contributed by atoms with van der Waals surface area (Å²) in [4.78, 5) is 39.8. The van der Waals surface area contributed by atoms with E-state index in [0.717, 1.165) is 34.2 Å². The van der Waals surface area contributed by atoms with Crippen molar-refractivity contribution in [3.8, 4) is 0 Å². The number of hydrogen-bond acceptors (Lipinski definition) is 5. The zero-order valence-corrected chi connectivity index (χ0v) is 23.0. The topological polar surface area (TPSA) is 113 Å². The van der Waals surface area contributed by atoms with Crippen molar-refractivity contribution in [3.05, 3.63) is 76.1 Å². The summed E-state index contributed by atoms with van der Waals surface area (Å²) >= 11 is 0. The number of carboxylic acid groups (broad SMARTS) is 1. The Hall–Kier alpha value is -4.20. The molecule has 3 N–H and O–H groups in total. The number of nitrogens with one attached hydrogen (secondary N) is 1. The smallest absolute Gasteiger partial charge is 0.416 e. The first-order valence-corrected chi connectivity index (χ1v) is 13.7. The van der Waals surface area contributed by atoms with Gasteiger partial charge in [-0.15, -0.1) is 0 Å². The van der Waals surface area contributed by atoms with Gasteiger partial charge in [0, 0.05) is 30.9 Å². The van der Waals surface area contributed by atoms with Gasteiger partial charge in [-0.05, 0) is 68.4 Å². The highest BCUT2D eigenvalue weighted by molar-refractivity contribution is 6.23. The number of hydrogen-bond donors (Lipinski definition) is 3. The van der Waals surface area contributed by atoms with Crippen LogP contribution in [0.2, 0.25) is 0 Å². The number of piperidine rings is 1. The molecule has 230 valence electrons. The first kappa shape index (κ1) is 30.3. The third-order valence-corrected chi connectivity index (χ3v) is 8.50. The van der Waals surface area contributed by atoms with E-state index in [1.165, 1.54) is 17.1 Å². The number of aliphatic hydroxyl groups is 1. The molecule has 2 fully saturated rings. The van der Waals surface area contributed by atoms with Crippen LogP contribution in [0.4, 0.5) is 32.4 Å². The van der Waals surface area contributed by atoms with Gasteiger partial charge in [-0.3, -0.25) is 14.6 Å². The van der Waals surface area contributed by atoms with Crippen LogP contribution in [0.25, 0.3) is 0 Å². The van der Waals surface area contributed by atoms with E-state index in [1.54, 1.807) is 6.92 Å². The van der Waals surface area contributed by atoms with Gasteiger partial charge >= 0.3 is 12.3 Å². The highest BCUT2D eigenvalue weighted by Crippen LogP contribution is 2.43. The molecule has 0 radical (unpaired) electrons. The zero-order chi connectivity index (χ0) is 31.3. The number of carbonyl (C=O) groups excluding carboxylic acids is 2. The number of carbonyl (C=O) groups is 3. The standard InChI is InChI=1S/C29H29F5N4O5/c1-28-10-3-11-38(28)37(15-17-4-2-5-20(30)23(17)31)26(41)22(24(28)39)25(40)35-21-7-6-18(29(32,33)34)14-19(21)16-8-12-36(13-9-16)27(42)43/h2,4-7,14,16,39H,3,8-13,15H2,1H3,(H,35,40)(H,42,43)/t28-/m1/s1. The molecule has 0 spiro atoms. The molecule has 3 aliphatic heterocycles. The average Bonchev–Trinajstić information content (AvgIpc) is 3.36. The van der Waals surface area contributed by atoms with Crippen LogP contribution in [0.5, 0.6) is 0 Å². The van der Waals surface area contributed by atoms with Crippen LogP contribution in [0.1, 0.15) is 55.2 Å². The molecule has 0 unspecified atom stereocenters. The molecule has 3 amide bonds. The van der Waals surface area contributed by atoms with Gasteiger partial charge < -0.3 is 20.4 Å². The van der Waals surface area contributed by atoms with Gasteiger partial charge in [0.05, 0.1) is 17.6 Å². The molecule has 5 rings (SSSR count). The second kappa shape index (κ2) is 11.1. The van der Waals surface area contributed by atoms with Crippen LogP contribution in [0.3, 0.4) is 0 Å². The molecular formula is C29H29F5N4O5. The predicted molar refractivity (Wildman–Crippen MR) is 143 cm³/mol. The lowest BCUT2D eigenvalue weighted by atomic mass is 9.87. The van der Waals surface area contributed by atoms with E-state index in [2.05, 4.69) is 5.32 Å². The Balaban J connectivity index is 1.49. The van der Waals surface area contributed by atoms with Gasteiger partial charge in [0.2, 0.25) is 0 Å². The van der Waals surface area contributed by atoms with Crippen LogP contribution >= 0.6 is 0 Å². The summed E-state index contributed by atoms with van der Waals surface area (Å²) in [5.74, 6) is -5.42. The second-order valence-electron chi connectivity index (χ2n) is 11.1. The Kier molecular flexibility index (Phi) is 7.84. The molecule has 2 saturated heterocycles. The van der Waals surface area contributed by atoms with E-state index in [1.807, 2.05) is 0 Å². The number of benzene rings is 2. The van der Waals surface area contributed by atoms with Crippen LogP contribution in [-0.4, -0.2) is 68.2 Å². The fourth-order valence-electron chi connectivity index (χ4n) is 6.14.